The number of methoxy groups -OCH3 is 1. The van der Waals surface area contributed by atoms with Gasteiger partial charge in [0.1, 0.15) is 11.5 Å². The molecule has 0 aromatic heterocycles. The zero-order chi connectivity index (χ0) is 16.2. The predicted octanol–water partition coefficient (Wildman–Crippen LogP) is 2.34. The summed E-state index contributed by atoms with van der Waals surface area (Å²) in [6, 6.07) is 7.35. The maximum absolute atomic E-state index is 12.7. The Bertz CT molecular complexity index is 524. The zero-order valence-electron chi connectivity index (χ0n) is 14.4. The first-order valence-corrected chi connectivity index (χ1v) is 8.47. The maximum atomic E-state index is 12.7. The van der Waals surface area contributed by atoms with Crippen LogP contribution in [0.25, 0.3) is 0 Å². The van der Waals surface area contributed by atoms with Crippen molar-refractivity contribution in [3.63, 3.8) is 0 Å². The summed E-state index contributed by atoms with van der Waals surface area (Å²) in [5.74, 6) is 3.02. The van der Waals surface area contributed by atoms with Crippen LogP contribution in [-0.4, -0.2) is 50.2 Å². The van der Waals surface area contributed by atoms with Crippen LogP contribution in [0.1, 0.15) is 19.8 Å². The van der Waals surface area contributed by atoms with Gasteiger partial charge in [0.2, 0.25) is 0 Å². The third kappa shape index (κ3) is 4.33. The van der Waals surface area contributed by atoms with E-state index >= 15 is 0 Å². The Morgan fingerprint density at radius 2 is 1.67 bits per heavy atom. The number of ether oxygens (including phenoxy) is 2. The molecule has 2 fully saturated rings. The van der Waals surface area contributed by atoms with Crippen LogP contribution in [0.15, 0.2) is 24.3 Å². The van der Waals surface area contributed by atoms with Crippen LogP contribution in [0.5, 0.6) is 11.5 Å². The number of halogens is 1. The van der Waals surface area contributed by atoms with Gasteiger partial charge in [0.15, 0.2) is 6.10 Å². The number of nitrogens with one attached hydrogen (secondary N) is 1. The summed E-state index contributed by atoms with van der Waals surface area (Å²) in [6.07, 6.45) is 1.73. The summed E-state index contributed by atoms with van der Waals surface area (Å²) in [4.78, 5) is 14.6. The van der Waals surface area contributed by atoms with E-state index in [-0.39, 0.29) is 18.3 Å². The summed E-state index contributed by atoms with van der Waals surface area (Å²) in [5.41, 5.74) is 0. The van der Waals surface area contributed by atoms with Gasteiger partial charge in [-0.05, 0) is 69.0 Å². The molecule has 2 heterocycles. The second-order valence-corrected chi connectivity index (χ2v) is 6.52. The summed E-state index contributed by atoms with van der Waals surface area (Å²) in [5, 5.41) is 3.46. The van der Waals surface area contributed by atoms with E-state index in [1.165, 1.54) is 0 Å². The number of carbonyl (C=O) groups excluding carboxylic acids is 1. The number of hydrogen-bond acceptors (Lipinski definition) is 4. The maximum Gasteiger partial charge on any atom is 0.263 e. The van der Waals surface area contributed by atoms with Gasteiger partial charge in [-0.25, -0.2) is 0 Å². The van der Waals surface area contributed by atoms with E-state index < -0.39 is 6.10 Å². The molecule has 1 aromatic rings. The number of benzene rings is 1. The fourth-order valence-corrected chi connectivity index (χ4v) is 3.60. The van der Waals surface area contributed by atoms with Gasteiger partial charge in [-0.1, -0.05) is 0 Å². The Labute approximate surface area is 150 Å². The molecule has 1 unspecified atom stereocenters. The number of likely N-dealkylation sites (tertiary alicyclic amines) is 1. The van der Waals surface area contributed by atoms with Crippen LogP contribution in [0.2, 0.25) is 0 Å². The molecule has 5 nitrogen and oxygen atoms in total. The molecule has 0 radical (unpaired) electrons. The van der Waals surface area contributed by atoms with Crippen LogP contribution >= 0.6 is 12.4 Å². The van der Waals surface area contributed by atoms with Gasteiger partial charge in [0, 0.05) is 13.1 Å². The Morgan fingerprint density at radius 1 is 1.12 bits per heavy atom. The summed E-state index contributed by atoms with van der Waals surface area (Å²) in [6.45, 7) is 5.73. The first-order valence-electron chi connectivity index (χ1n) is 8.47. The van der Waals surface area contributed by atoms with Crippen molar-refractivity contribution in [1.29, 1.82) is 0 Å². The highest BCUT2D eigenvalue weighted by molar-refractivity contribution is 5.85. The lowest BCUT2D eigenvalue weighted by Gasteiger charge is -2.25. The number of amides is 1. The van der Waals surface area contributed by atoms with Crippen LogP contribution in [-0.2, 0) is 4.79 Å². The lowest BCUT2D eigenvalue weighted by molar-refractivity contribution is -0.137. The largest absolute Gasteiger partial charge is 0.497 e. The van der Waals surface area contributed by atoms with Crippen LogP contribution in [0.3, 0.4) is 0 Å². The number of carbonyl (C=O) groups is 1. The van der Waals surface area contributed by atoms with Crippen molar-refractivity contribution in [2.75, 3.05) is 33.3 Å². The molecular weight excluding hydrogens is 328 g/mol. The minimum absolute atomic E-state index is 0. The first-order chi connectivity index (χ1) is 11.2. The molecule has 1 aromatic carbocycles. The Kier molecular flexibility index (Phi) is 6.75. The standard InChI is InChI=1S/C18H26N2O3.ClH/c1-13(23-17-5-3-16(22-2)4-6-17)18(21)20-9-7-14-11-19-12-15(14)8-10-20;/h3-6,13-15,19H,7-12H2,1-2H3;1H/t13?,14-,15+;. The Morgan fingerprint density at radius 3 is 2.21 bits per heavy atom. The molecule has 2 aliphatic rings. The fourth-order valence-electron chi connectivity index (χ4n) is 3.60. The van der Waals surface area contributed by atoms with E-state index in [1.807, 2.05) is 36.1 Å². The van der Waals surface area contributed by atoms with Gasteiger partial charge in [-0.15, -0.1) is 12.4 Å². The van der Waals surface area contributed by atoms with E-state index in [2.05, 4.69) is 5.32 Å². The molecular formula is C18H27ClN2O3. The zero-order valence-corrected chi connectivity index (χ0v) is 15.2. The van der Waals surface area contributed by atoms with Gasteiger partial charge >= 0.3 is 0 Å². The molecule has 24 heavy (non-hydrogen) atoms. The molecule has 2 saturated heterocycles. The van der Waals surface area contributed by atoms with Crippen LogP contribution < -0.4 is 14.8 Å². The highest BCUT2D eigenvalue weighted by atomic mass is 35.5. The van der Waals surface area contributed by atoms with Crippen molar-refractivity contribution in [3.8, 4) is 11.5 Å². The van der Waals surface area contributed by atoms with Crippen molar-refractivity contribution in [1.82, 2.24) is 10.2 Å². The number of nitrogens with zero attached hydrogens (tertiary/aromatic N) is 1. The van der Waals surface area contributed by atoms with E-state index in [9.17, 15) is 4.79 Å². The summed E-state index contributed by atoms with van der Waals surface area (Å²) in [7, 11) is 1.63. The fraction of sp³-hybridized carbons (Fsp3) is 0.611. The minimum Gasteiger partial charge on any atom is -0.497 e. The Balaban J connectivity index is 0.00000208. The lowest BCUT2D eigenvalue weighted by atomic mass is 9.92. The third-order valence-corrected chi connectivity index (χ3v) is 5.05. The van der Waals surface area contributed by atoms with Gasteiger partial charge < -0.3 is 19.7 Å². The molecule has 1 amide bonds. The Hall–Kier alpha value is -1.46. The van der Waals surface area contributed by atoms with Gasteiger partial charge in [0.25, 0.3) is 5.91 Å². The first kappa shape index (κ1) is 18.9. The molecule has 0 bridgehead atoms. The van der Waals surface area contributed by atoms with Crippen molar-refractivity contribution in [3.05, 3.63) is 24.3 Å². The van der Waals surface area contributed by atoms with Crippen LogP contribution in [0.4, 0.5) is 0 Å². The normalized spacial score (nSPS) is 24.3. The highest BCUT2D eigenvalue weighted by Gasteiger charge is 2.32. The van der Waals surface area contributed by atoms with Gasteiger partial charge in [-0.3, -0.25) is 4.79 Å². The molecule has 0 aliphatic carbocycles. The van der Waals surface area contributed by atoms with E-state index in [1.54, 1.807) is 7.11 Å². The quantitative estimate of drug-likeness (QED) is 0.901. The predicted molar refractivity (Wildman–Crippen MR) is 96.0 cm³/mol. The van der Waals surface area contributed by atoms with Crippen molar-refractivity contribution < 1.29 is 14.3 Å². The summed E-state index contributed by atoms with van der Waals surface area (Å²) < 4.78 is 10.9. The number of hydrogen-bond donors (Lipinski definition) is 1. The monoisotopic (exact) mass is 354 g/mol. The van der Waals surface area contributed by atoms with Gasteiger partial charge in [0.05, 0.1) is 7.11 Å². The van der Waals surface area contributed by atoms with E-state index in [4.69, 9.17) is 9.47 Å². The van der Waals surface area contributed by atoms with Crippen LogP contribution in [0, 0.1) is 11.8 Å². The van der Waals surface area contributed by atoms with Gasteiger partial charge in [-0.2, -0.15) is 0 Å². The molecule has 134 valence electrons. The summed E-state index contributed by atoms with van der Waals surface area (Å²) >= 11 is 0. The van der Waals surface area contributed by atoms with E-state index in [0.717, 1.165) is 56.6 Å². The SMILES string of the molecule is COc1ccc(OC(C)C(=O)N2CC[C@@H]3CNC[C@@H]3CC2)cc1.Cl. The topological polar surface area (TPSA) is 50.8 Å². The number of rotatable bonds is 4. The second-order valence-electron chi connectivity index (χ2n) is 6.52. The van der Waals surface area contributed by atoms with Crippen molar-refractivity contribution in [2.24, 2.45) is 11.8 Å². The number of fused-ring (bicyclic) bond motifs is 1. The average molecular weight is 355 g/mol. The molecule has 0 spiro atoms. The molecule has 3 atom stereocenters. The van der Waals surface area contributed by atoms with E-state index in [0.29, 0.717) is 5.75 Å². The van der Waals surface area contributed by atoms with Crippen molar-refractivity contribution >= 4 is 18.3 Å². The second kappa shape index (κ2) is 8.58. The third-order valence-electron chi connectivity index (χ3n) is 5.05. The highest BCUT2D eigenvalue weighted by Crippen LogP contribution is 2.27. The average Bonchev–Trinajstić information content (AvgIpc) is 2.93. The molecule has 6 heteroatoms. The molecule has 2 aliphatic heterocycles. The minimum atomic E-state index is -0.459. The molecule has 0 saturated carbocycles. The smallest absolute Gasteiger partial charge is 0.263 e. The molecule has 1 N–H and O–H groups in total. The molecule has 3 rings (SSSR count). The van der Waals surface area contributed by atoms with Crippen molar-refractivity contribution in [2.45, 2.75) is 25.9 Å². The lowest BCUT2D eigenvalue weighted by Crippen LogP contribution is -2.41.